The topological polar surface area (TPSA) is 113 Å². The molecule has 4 heterocycles. The molecule has 3 aromatic rings. The third-order valence-electron chi connectivity index (χ3n) is 5.58. The number of aromatic nitrogens is 2. The summed E-state index contributed by atoms with van der Waals surface area (Å²) in [6.07, 6.45) is 3.27. The number of aromatic amines is 1. The van der Waals surface area contributed by atoms with Crippen molar-refractivity contribution in [2.45, 2.75) is 33.4 Å². The zero-order chi connectivity index (χ0) is 23.7. The van der Waals surface area contributed by atoms with Crippen molar-refractivity contribution in [1.29, 1.82) is 0 Å². The van der Waals surface area contributed by atoms with Gasteiger partial charge >= 0.3 is 5.97 Å². The third-order valence-corrected chi connectivity index (χ3v) is 6.51. The van der Waals surface area contributed by atoms with E-state index in [1.54, 1.807) is 39.2 Å². The van der Waals surface area contributed by atoms with E-state index in [1.807, 2.05) is 23.6 Å². The van der Waals surface area contributed by atoms with E-state index in [0.717, 1.165) is 10.4 Å². The number of Topliss-reactive ketones (excluding diaryl/α,β-unsaturated/α-hetero) is 1. The molecule has 0 bridgehead atoms. The zero-order valence-electron chi connectivity index (χ0n) is 18.4. The van der Waals surface area contributed by atoms with Gasteiger partial charge in [0.25, 0.3) is 11.7 Å². The average Bonchev–Trinajstić information content (AvgIpc) is 3.48. The van der Waals surface area contributed by atoms with Gasteiger partial charge in [-0.2, -0.15) is 0 Å². The molecule has 1 atom stereocenters. The molecule has 0 aromatic carbocycles. The summed E-state index contributed by atoms with van der Waals surface area (Å²) in [7, 11) is 0. The van der Waals surface area contributed by atoms with Crippen LogP contribution >= 0.6 is 11.3 Å². The second kappa shape index (κ2) is 9.03. The number of nitrogens with zero attached hydrogens (tertiary/aromatic N) is 2. The summed E-state index contributed by atoms with van der Waals surface area (Å²) in [5.74, 6) is -2.34. The molecule has 9 heteroatoms. The van der Waals surface area contributed by atoms with Gasteiger partial charge in [-0.15, -0.1) is 11.3 Å². The number of ether oxygens (including phenoxy) is 1. The molecule has 1 saturated heterocycles. The van der Waals surface area contributed by atoms with Gasteiger partial charge in [0.1, 0.15) is 11.5 Å². The second-order valence-corrected chi connectivity index (χ2v) is 8.63. The zero-order valence-corrected chi connectivity index (χ0v) is 19.2. The first kappa shape index (κ1) is 22.5. The number of aliphatic hydroxyl groups excluding tert-OH is 1. The first-order valence-corrected chi connectivity index (χ1v) is 11.3. The number of thiophene rings is 1. The van der Waals surface area contributed by atoms with Crippen molar-refractivity contribution in [3.05, 3.63) is 80.6 Å². The number of H-pyrrole nitrogens is 1. The van der Waals surface area contributed by atoms with E-state index < -0.39 is 23.7 Å². The van der Waals surface area contributed by atoms with E-state index in [2.05, 4.69) is 9.97 Å². The van der Waals surface area contributed by atoms with Crippen molar-refractivity contribution >= 4 is 34.8 Å². The van der Waals surface area contributed by atoms with Gasteiger partial charge in [0, 0.05) is 35.1 Å². The Labute approximate surface area is 194 Å². The van der Waals surface area contributed by atoms with Crippen LogP contribution in [0.4, 0.5) is 0 Å². The van der Waals surface area contributed by atoms with Crippen molar-refractivity contribution in [3.8, 4) is 0 Å². The number of hydrogen-bond acceptors (Lipinski definition) is 7. The number of amides is 1. The Morgan fingerprint density at radius 2 is 2.06 bits per heavy atom. The summed E-state index contributed by atoms with van der Waals surface area (Å²) < 4.78 is 5.08. The first-order valence-electron chi connectivity index (χ1n) is 10.4. The fraction of sp³-hybridized carbons (Fsp3) is 0.250. The maximum Gasteiger partial charge on any atom is 0.355 e. The number of ketones is 1. The van der Waals surface area contributed by atoms with Crippen LogP contribution in [-0.4, -0.2) is 44.2 Å². The molecule has 1 aliphatic rings. The number of aryl methyl sites for hydroxylation is 1. The molecule has 3 aromatic heterocycles. The number of carbonyl (C=O) groups excluding carboxylic acids is 3. The number of likely N-dealkylation sites (tertiary alicyclic amines) is 1. The number of aliphatic hydroxyl groups is 1. The van der Waals surface area contributed by atoms with Crippen LogP contribution in [0.5, 0.6) is 0 Å². The lowest BCUT2D eigenvalue weighted by molar-refractivity contribution is -0.140. The van der Waals surface area contributed by atoms with Crippen LogP contribution in [0, 0.1) is 13.8 Å². The lowest BCUT2D eigenvalue weighted by atomic mass is 9.97. The van der Waals surface area contributed by atoms with Gasteiger partial charge in [0.15, 0.2) is 0 Å². The van der Waals surface area contributed by atoms with E-state index in [9.17, 15) is 19.5 Å². The molecule has 2 N–H and O–H groups in total. The van der Waals surface area contributed by atoms with Crippen LogP contribution in [-0.2, 0) is 20.9 Å². The lowest BCUT2D eigenvalue weighted by Crippen LogP contribution is -2.28. The molecule has 4 rings (SSSR count). The van der Waals surface area contributed by atoms with Gasteiger partial charge in [0.2, 0.25) is 0 Å². The van der Waals surface area contributed by atoms with Crippen LogP contribution in [0.3, 0.4) is 0 Å². The molecule has 1 aliphatic heterocycles. The minimum absolute atomic E-state index is 0.00745. The first-order chi connectivity index (χ1) is 15.8. The normalized spacial score (nSPS) is 17.5. The smallest absolute Gasteiger partial charge is 0.355 e. The lowest BCUT2D eigenvalue weighted by Gasteiger charge is -2.24. The van der Waals surface area contributed by atoms with Crippen LogP contribution in [0.25, 0.3) is 5.76 Å². The molecule has 8 nitrogen and oxygen atoms in total. The van der Waals surface area contributed by atoms with E-state index in [4.69, 9.17) is 4.74 Å². The van der Waals surface area contributed by atoms with Gasteiger partial charge in [0.05, 0.1) is 18.2 Å². The fourth-order valence-electron chi connectivity index (χ4n) is 4.12. The Balaban J connectivity index is 1.85. The Morgan fingerprint density at radius 3 is 2.70 bits per heavy atom. The molecule has 170 valence electrons. The van der Waals surface area contributed by atoms with Gasteiger partial charge in [-0.3, -0.25) is 14.6 Å². The molecule has 0 unspecified atom stereocenters. The molecule has 1 amide bonds. The quantitative estimate of drug-likeness (QED) is 0.247. The van der Waals surface area contributed by atoms with Gasteiger partial charge in [-0.05, 0) is 49.4 Å². The second-order valence-electron chi connectivity index (χ2n) is 7.65. The summed E-state index contributed by atoms with van der Waals surface area (Å²) >= 11 is 1.39. The van der Waals surface area contributed by atoms with E-state index in [-0.39, 0.29) is 30.2 Å². The Hall–Kier alpha value is -3.72. The van der Waals surface area contributed by atoms with Crippen LogP contribution < -0.4 is 0 Å². The van der Waals surface area contributed by atoms with Crippen LogP contribution in [0.1, 0.15) is 50.7 Å². The highest BCUT2D eigenvalue weighted by Gasteiger charge is 2.47. The van der Waals surface area contributed by atoms with Crippen LogP contribution in [0.15, 0.2) is 47.6 Å². The highest BCUT2D eigenvalue weighted by atomic mass is 32.1. The van der Waals surface area contributed by atoms with Crippen molar-refractivity contribution in [2.24, 2.45) is 0 Å². The highest BCUT2D eigenvalue weighted by Crippen LogP contribution is 2.42. The van der Waals surface area contributed by atoms with Crippen LogP contribution in [0.2, 0.25) is 0 Å². The number of esters is 1. The van der Waals surface area contributed by atoms with Gasteiger partial charge in [-0.1, -0.05) is 12.1 Å². The molecule has 0 aliphatic carbocycles. The number of carbonyl (C=O) groups is 3. The highest BCUT2D eigenvalue weighted by molar-refractivity contribution is 7.10. The van der Waals surface area contributed by atoms with Crippen molar-refractivity contribution in [3.63, 3.8) is 0 Å². The number of nitrogens with one attached hydrogen (secondary N) is 1. The monoisotopic (exact) mass is 465 g/mol. The molecule has 0 saturated carbocycles. The minimum Gasteiger partial charge on any atom is -0.507 e. The summed E-state index contributed by atoms with van der Waals surface area (Å²) in [5.41, 5.74) is 2.22. The van der Waals surface area contributed by atoms with Crippen molar-refractivity contribution < 1.29 is 24.2 Å². The molecule has 1 fully saturated rings. The Morgan fingerprint density at radius 1 is 1.27 bits per heavy atom. The Bertz CT molecular complexity index is 1240. The number of pyridine rings is 1. The average molecular weight is 466 g/mol. The summed E-state index contributed by atoms with van der Waals surface area (Å²) in [4.78, 5) is 47.8. The molecular weight excluding hydrogens is 442 g/mol. The fourth-order valence-corrected chi connectivity index (χ4v) is 4.97. The number of hydrogen-bond donors (Lipinski definition) is 2. The minimum atomic E-state index is -0.771. The molecular formula is C24H23N3O5S. The predicted octanol–water partition coefficient (Wildman–Crippen LogP) is 3.89. The predicted molar refractivity (Wildman–Crippen MR) is 123 cm³/mol. The SMILES string of the molecule is CCOC(=O)c1[nH]c(C)c(/C(O)=C2\C(=O)C(=O)N(Cc3cccnc3)[C@@H]2c2cccs2)c1C. The maximum atomic E-state index is 13.2. The van der Waals surface area contributed by atoms with Crippen molar-refractivity contribution in [1.82, 2.24) is 14.9 Å². The Kier molecular flexibility index (Phi) is 6.15. The maximum absolute atomic E-state index is 13.2. The third kappa shape index (κ3) is 3.95. The van der Waals surface area contributed by atoms with Gasteiger partial charge in [-0.25, -0.2) is 4.79 Å². The number of rotatable bonds is 6. The van der Waals surface area contributed by atoms with E-state index in [0.29, 0.717) is 16.8 Å². The molecule has 0 spiro atoms. The molecule has 0 radical (unpaired) electrons. The summed E-state index contributed by atoms with van der Waals surface area (Å²) in [5, 5.41) is 13.2. The van der Waals surface area contributed by atoms with Gasteiger partial charge < -0.3 is 19.7 Å². The standard InChI is InChI=1S/C24H23N3O5S/c1-4-32-24(31)19-13(2)17(14(3)26-19)21(28)18-20(16-8-6-10-33-16)27(23(30)22(18)29)12-15-7-5-9-25-11-15/h5-11,20,26,28H,4,12H2,1-3H3/b21-18+/t20-/m1/s1. The largest absolute Gasteiger partial charge is 0.507 e. The van der Waals surface area contributed by atoms with E-state index in [1.165, 1.54) is 16.2 Å². The van der Waals surface area contributed by atoms with Crippen molar-refractivity contribution in [2.75, 3.05) is 6.61 Å². The summed E-state index contributed by atoms with van der Waals surface area (Å²) in [6, 6.07) is 6.48. The molecule has 33 heavy (non-hydrogen) atoms. The van der Waals surface area contributed by atoms with E-state index >= 15 is 0 Å². The summed E-state index contributed by atoms with van der Waals surface area (Å²) in [6.45, 7) is 5.43.